The first-order valence-corrected chi connectivity index (χ1v) is 8.06. The first-order chi connectivity index (χ1) is 11.8. The lowest BCUT2D eigenvalue weighted by atomic mass is 9.87. The summed E-state index contributed by atoms with van der Waals surface area (Å²) in [4.78, 5) is 16.2. The molecular weight excluding hydrogens is 322 g/mol. The number of hydrogen-bond acceptors (Lipinski definition) is 5. The van der Waals surface area contributed by atoms with Crippen molar-refractivity contribution in [3.8, 4) is 11.5 Å². The highest BCUT2D eigenvalue weighted by atomic mass is 16.5. The second-order valence-corrected chi connectivity index (χ2v) is 6.84. The van der Waals surface area contributed by atoms with Crippen molar-refractivity contribution < 1.29 is 19.7 Å². The molecule has 2 atom stereocenters. The summed E-state index contributed by atoms with van der Waals surface area (Å²) in [5.74, 6) is 0.748. The van der Waals surface area contributed by atoms with Gasteiger partial charge in [-0.2, -0.15) is 0 Å². The first kappa shape index (κ1) is 15.9. The van der Waals surface area contributed by atoms with Crippen molar-refractivity contribution in [1.29, 1.82) is 0 Å². The summed E-state index contributed by atoms with van der Waals surface area (Å²) in [6, 6.07) is 8.73. The van der Waals surface area contributed by atoms with Crippen LogP contribution in [0.4, 0.5) is 0 Å². The average Bonchev–Trinajstić information content (AvgIpc) is 2.58. The maximum absolute atomic E-state index is 13.0. The smallest absolute Gasteiger partial charge is 0.200 e. The molecule has 0 bridgehead atoms. The van der Waals surface area contributed by atoms with E-state index >= 15 is 0 Å². The van der Waals surface area contributed by atoms with Crippen LogP contribution in [0.2, 0.25) is 0 Å². The third kappa shape index (κ3) is 2.14. The number of pyridine rings is 1. The second kappa shape index (κ2) is 5.21. The molecule has 0 aliphatic carbocycles. The van der Waals surface area contributed by atoms with Crippen LogP contribution in [0.15, 0.2) is 35.1 Å². The molecule has 0 spiro atoms. The van der Waals surface area contributed by atoms with Gasteiger partial charge in [-0.25, -0.2) is 0 Å². The van der Waals surface area contributed by atoms with Crippen molar-refractivity contribution in [3.05, 3.63) is 46.1 Å². The molecule has 1 aliphatic heterocycles. The lowest BCUT2D eigenvalue weighted by molar-refractivity contribution is -0.111. The Morgan fingerprint density at radius 1 is 1.24 bits per heavy atom. The van der Waals surface area contributed by atoms with Crippen LogP contribution >= 0.6 is 0 Å². The molecule has 2 unspecified atom stereocenters. The summed E-state index contributed by atoms with van der Waals surface area (Å²) in [7, 11) is 1.48. The van der Waals surface area contributed by atoms with Gasteiger partial charge in [0.15, 0.2) is 0 Å². The molecule has 0 saturated heterocycles. The van der Waals surface area contributed by atoms with Gasteiger partial charge in [0.2, 0.25) is 5.43 Å². The van der Waals surface area contributed by atoms with E-state index in [-0.39, 0.29) is 5.43 Å². The fourth-order valence-corrected chi connectivity index (χ4v) is 3.49. The standard InChI is InChI=1S/C19H19NO5/c1-19(2)18(23)17(22)14-12(25-19)8-11(24-3)13-15(14)20-10-7-5-4-6-9(10)16(13)21/h4-8,17-18,22-23H,1-3H3,(H,20,21). The van der Waals surface area contributed by atoms with Gasteiger partial charge >= 0.3 is 0 Å². The Kier molecular flexibility index (Phi) is 3.32. The number of ether oxygens (including phenoxy) is 2. The number of hydrogen-bond donors (Lipinski definition) is 3. The van der Waals surface area contributed by atoms with Crippen LogP contribution in [0.1, 0.15) is 25.5 Å². The van der Waals surface area contributed by atoms with Gasteiger partial charge in [-0.3, -0.25) is 4.79 Å². The Morgan fingerprint density at radius 2 is 1.96 bits per heavy atom. The van der Waals surface area contributed by atoms with Gasteiger partial charge in [0.05, 0.1) is 18.0 Å². The zero-order valence-corrected chi connectivity index (χ0v) is 14.2. The third-order valence-electron chi connectivity index (χ3n) is 4.85. The zero-order valence-electron chi connectivity index (χ0n) is 14.2. The van der Waals surface area contributed by atoms with Crippen molar-refractivity contribution >= 4 is 21.8 Å². The average molecular weight is 341 g/mol. The van der Waals surface area contributed by atoms with Crippen LogP contribution in [0.5, 0.6) is 11.5 Å². The van der Waals surface area contributed by atoms with Gasteiger partial charge < -0.3 is 24.7 Å². The maximum atomic E-state index is 13.0. The number of para-hydroxylation sites is 1. The number of nitrogens with one attached hydrogen (secondary N) is 1. The van der Waals surface area contributed by atoms with Gasteiger partial charge in [-0.1, -0.05) is 12.1 Å². The van der Waals surface area contributed by atoms with E-state index in [2.05, 4.69) is 4.98 Å². The van der Waals surface area contributed by atoms with Crippen LogP contribution in [0.3, 0.4) is 0 Å². The van der Waals surface area contributed by atoms with E-state index in [4.69, 9.17) is 9.47 Å². The molecule has 2 aromatic carbocycles. The summed E-state index contributed by atoms with van der Waals surface area (Å²) >= 11 is 0. The molecule has 0 amide bonds. The zero-order chi connectivity index (χ0) is 17.9. The number of aliphatic hydroxyl groups excluding tert-OH is 2. The summed E-state index contributed by atoms with van der Waals surface area (Å²) in [5.41, 5.74) is 0.255. The third-order valence-corrected chi connectivity index (χ3v) is 4.85. The summed E-state index contributed by atoms with van der Waals surface area (Å²) in [6.45, 7) is 3.40. The highest BCUT2D eigenvalue weighted by Gasteiger charge is 2.43. The topological polar surface area (TPSA) is 91.8 Å². The number of aromatic nitrogens is 1. The van der Waals surface area contributed by atoms with E-state index in [0.717, 1.165) is 0 Å². The van der Waals surface area contributed by atoms with E-state index in [1.165, 1.54) is 7.11 Å². The molecule has 6 nitrogen and oxygen atoms in total. The Balaban J connectivity index is 2.19. The minimum atomic E-state index is -1.19. The molecular formula is C19H19NO5. The molecule has 0 saturated carbocycles. The first-order valence-electron chi connectivity index (χ1n) is 8.06. The number of methoxy groups -OCH3 is 1. The summed E-state index contributed by atoms with van der Waals surface area (Å²) < 4.78 is 11.3. The van der Waals surface area contributed by atoms with Gasteiger partial charge in [-0.15, -0.1) is 0 Å². The lowest BCUT2D eigenvalue weighted by Crippen LogP contribution is -2.48. The Hall–Kier alpha value is -2.57. The lowest BCUT2D eigenvalue weighted by Gasteiger charge is -2.40. The van der Waals surface area contributed by atoms with Gasteiger partial charge in [0.1, 0.15) is 29.3 Å². The molecule has 2 heterocycles. The van der Waals surface area contributed by atoms with E-state index in [1.807, 2.05) is 6.07 Å². The summed E-state index contributed by atoms with van der Waals surface area (Å²) in [6.07, 6.45) is -2.32. The fourth-order valence-electron chi connectivity index (χ4n) is 3.49. The van der Waals surface area contributed by atoms with Crippen molar-refractivity contribution in [1.82, 2.24) is 4.98 Å². The van der Waals surface area contributed by atoms with Gasteiger partial charge in [0.25, 0.3) is 0 Å². The fraction of sp³-hybridized carbons (Fsp3) is 0.316. The van der Waals surface area contributed by atoms with Crippen LogP contribution < -0.4 is 14.9 Å². The monoisotopic (exact) mass is 341 g/mol. The van der Waals surface area contributed by atoms with Crippen molar-refractivity contribution in [2.24, 2.45) is 0 Å². The van der Waals surface area contributed by atoms with Crippen molar-refractivity contribution in [2.45, 2.75) is 31.7 Å². The normalized spacial score (nSPS) is 21.8. The minimum Gasteiger partial charge on any atom is -0.496 e. The van der Waals surface area contributed by atoms with Crippen LogP contribution in [-0.2, 0) is 0 Å². The van der Waals surface area contributed by atoms with Crippen LogP contribution in [0.25, 0.3) is 21.8 Å². The van der Waals surface area contributed by atoms with E-state index < -0.39 is 17.8 Å². The van der Waals surface area contributed by atoms with E-state index in [0.29, 0.717) is 38.9 Å². The largest absolute Gasteiger partial charge is 0.496 e. The Morgan fingerprint density at radius 3 is 2.68 bits per heavy atom. The predicted octanol–water partition coefficient (Wildman–Crippen LogP) is 2.26. The predicted molar refractivity (Wildman–Crippen MR) is 94.3 cm³/mol. The second-order valence-electron chi connectivity index (χ2n) is 6.84. The number of fused-ring (bicyclic) bond motifs is 4. The molecule has 4 rings (SSSR count). The molecule has 3 N–H and O–H groups in total. The van der Waals surface area contributed by atoms with Crippen molar-refractivity contribution in [3.63, 3.8) is 0 Å². The Labute approximate surface area is 143 Å². The molecule has 130 valence electrons. The molecule has 6 heteroatoms. The number of aliphatic hydroxyl groups is 2. The molecule has 0 radical (unpaired) electrons. The molecule has 25 heavy (non-hydrogen) atoms. The van der Waals surface area contributed by atoms with E-state index in [9.17, 15) is 15.0 Å². The number of aromatic amines is 1. The van der Waals surface area contributed by atoms with E-state index in [1.54, 1.807) is 38.1 Å². The van der Waals surface area contributed by atoms with Crippen LogP contribution in [0, 0.1) is 0 Å². The quantitative estimate of drug-likeness (QED) is 0.591. The SMILES string of the molecule is COc1cc2c(c3[nH]c4ccccc4c(=O)c13)C(O)C(O)C(C)(C)O2. The number of H-pyrrole nitrogens is 1. The Bertz CT molecular complexity index is 1050. The highest BCUT2D eigenvalue weighted by Crippen LogP contribution is 2.45. The van der Waals surface area contributed by atoms with Gasteiger partial charge in [-0.05, 0) is 26.0 Å². The number of benzene rings is 2. The molecule has 0 fully saturated rings. The molecule has 3 aromatic rings. The van der Waals surface area contributed by atoms with Crippen LogP contribution in [-0.4, -0.2) is 34.0 Å². The van der Waals surface area contributed by atoms with Gasteiger partial charge in [0, 0.05) is 22.5 Å². The summed E-state index contributed by atoms with van der Waals surface area (Å²) in [5, 5.41) is 22.0. The highest BCUT2D eigenvalue weighted by molar-refractivity contribution is 5.98. The minimum absolute atomic E-state index is 0.199. The maximum Gasteiger partial charge on any atom is 0.200 e. The number of rotatable bonds is 1. The molecule has 1 aliphatic rings. The van der Waals surface area contributed by atoms with Crippen molar-refractivity contribution in [2.75, 3.05) is 7.11 Å². The molecule has 1 aromatic heterocycles.